The summed E-state index contributed by atoms with van der Waals surface area (Å²) in [6.07, 6.45) is 4.17. The van der Waals surface area contributed by atoms with Crippen LogP contribution in [0.15, 0.2) is 24.3 Å². The van der Waals surface area contributed by atoms with Gasteiger partial charge in [0.2, 0.25) is 0 Å². The predicted octanol–water partition coefficient (Wildman–Crippen LogP) is 2.77. The Labute approximate surface area is 108 Å². The monoisotopic (exact) mass is 248 g/mol. The second kappa shape index (κ2) is 5.53. The Hall–Kier alpha value is -1.35. The summed E-state index contributed by atoms with van der Waals surface area (Å²) >= 11 is 0. The highest BCUT2D eigenvalue weighted by Gasteiger charge is 2.38. The topological polar surface area (TPSA) is 35.5 Å². The number of carbonyl (C=O) groups excluding carboxylic acids is 1. The van der Waals surface area contributed by atoms with E-state index in [9.17, 15) is 4.79 Å². The minimum absolute atomic E-state index is 0.171. The molecular formula is C15H20O3. The van der Waals surface area contributed by atoms with Crippen LogP contribution in [0.5, 0.6) is 5.75 Å². The number of ether oxygens (including phenoxy) is 2. The molecule has 1 aromatic carbocycles. The summed E-state index contributed by atoms with van der Waals surface area (Å²) in [4.78, 5) is 12.1. The molecule has 1 aromatic rings. The van der Waals surface area contributed by atoms with Crippen molar-refractivity contribution in [2.45, 2.75) is 37.7 Å². The molecule has 0 unspecified atom stereocenters. The Kier molecular flexibility index (Phi) is 4.02. The predicted molar refractivity (Wildman–Crippen MR) is 69.9 cm³/mol. The molecule has 0 spiro atoms. The van der Waals surface area contributed by atoms with Gasteiger partial charge in [0, 0.05) is 20.0 Å². The van der Waals surface area contributed by atoms with Gasteiger partial charge in [-0.2, -0.15) is 0 Å². The zero-order valence-electron chi connectivity index (χ0n) is 11.1. The van der Waals surface area contributed by atoms with Crippen molar-refractivity contribution in [2.75, 3.05) is 14.2 Å². The van der Waals surface area contributed by atoms with E-state index in [0.717, 1.165) is 24.2 Å². The molecule has 1 aliphatic carbocycles. The van der Waals surface area contributed by atoms with E-state index in [1.807, 2.05) is 24.3 Å². The van der Waals surface area contributed by atoms with Crippen molar-refractivity contribution < 1.29 is 14.3 Å². The van der Waals surface area contributed by atoms with Crippen LogP contribution in [0.2, 0.25) is 0 Å². The molecule has 98 valence electrons. The first-order chi connectivity index (χ1) is 8.67. The molecule has 1 aliphatic rings. The number of hydrogen-bond donors (Lipinski definition) is 0. The van der Waals surface area contributed by atoms with E-state index in [-0.39, 0.29) is 11.4 Å². The average molecular weight is 248 g/mol. The van der Waals surface area contributed by atoms with Gasteiger partial charge in [0.1, 0.15) is 11.5 Å². The standard InChI is InChI=1S/C15H20O3/c1-17-14-6-3-5-12(10-14)9-13(16)11-15(18-2)7-4-8-15/h3,5-6,10H,4,7-9,11H2,1-2H3. The SMILES string of the molecule is COc1cccc(CC(=O)CC2(OC)CCC2)c1. The van der Waals surface area contributed by atoms with Gasteiger partial charge < -0.3 is 9.47 Å². The number of Topliss-reactive ketones (excluding diaryl/α,β-unsaturated/α-hetero) is 1. The van der Waals surface area contributed by atoms with Crippen molar-refractivity contribution in [3.8, 4) is 5.75 Å². The molecule has 0 atom stereocenters. The zero-order valence-corrected chi connectivity index (χ0v) is 11.1. The number of methoxy groups -OCH3 is 2. The summed E-state index contributed by atoms with van der Waals surface area (Å²) in [5.41, 5.74) is 0.834. The third kappa shape index (κ3) is 2.91. The molecule has 0 heterocycles. The van der Waals surface area contributed by atoms with Gasteiger partial charge in [-0.3, -0.25) is 4.79 Å². The maximum Gasteiger partial charge on any atom is 0.140 e. The lowest BCUT2D eigenvalue weighted by molar-refractivity contribution is -0.131. The molecule has 0 radical (unpaired) electrons. The minimum atomic E-state index is -0.171. The Bertz CT molecular complexity index is 416. The molecule has 1 saturated carbocycles. The fourth-order valence-corrected chi connectivity index (χ4v) is 2.46. The maximum absolute atomic E-state index is 12.1. The van der Waals surface area contributed by atoms with Crippen molar-refractivity contribution in [3.63, 3.8) is 0 Å². The van der Waals surface area contributed by atoms with Crippen molar-refractivity contribution >= 4 is 5.78 Å². The van der Waals surface area contributed by atoms with Crippen LogP contribution in [0.1, 0.15) is 31.2 Å². The quantitative estimate of drug-likeness (QED) is 0.776. The molecule has 0 bridgehead atoms. The van der Waals surface area contributed by atoms with Crippen LogP contribution in [0, 0.1) is 0 Å². The van der Waals surface area contributed by atoms with E-state index in [4.69, 9.17) is 9.47 Å². The highest BCUT2D eigenvalue weighted by Crippen LogP contribution is 2.38. The van der Waals surface area contributed by atoms with Gasteiger partial charge in [0.25, 0.3) is 0 Å². The summed E-state index contributed by atoms with van der Waals surface area (Å²) in [5.74, 6) is 1.04. The van der Waals surface area contributed by atoms with E-state index in [1.54, 1.807) is 14.2 Å². The van der Waals surface area contributed by atoms with Crippen LogP contribution in [0.4, 0.5) is 0 Å². The fraction of sp³-hybridized carbons (Fsp3) is 0.533. The lowest BCUT2D eigenvalue weighted by Crippen LogP contribution is -2.41. The Morgan fingerprint density at radius 3 is 2.67 bits per heavy atom. The van der Waals surface area contributed by atoms with Crippen molar-refractivity contribution in [1.29, 1.82) is 0 Å². The zero-order chi connectivity index (χ0) is 13.0. The molecular weight excluding hydrogens is 228 g/mol. The second-order valence-electron chi connectivity index (χ2n) is 4.98. The van der Waals surface area contributed by atoms with Gasteiger partial charge in [0.15, 0.2) is 0 Å². The summed E-state index contributed by atoms with van der Waals surface area (Å²) in [6, 6.07) is 7.67. The second-order valence-corrected chi connectivity index (χ2v) is 4.98. The maximum atomic E-state index is 12.1. The molecule has 3 nitrogen and oxygen atoms in total. The smallest absolute Gasteiger partial charge is 0.140 e. The highest BCUT2D eigenvalue weighted by atomic mass is 16.5. The average Bonchev–Trinajstić information content (AvgIpc) is 2.34. The van der Waals surface area contributed by atoms with Crippen LogP contribution in [0.3, 0.4) is 0 Å². The van der Waals surface area contributed by atoms with E-state index in [1.165, 1.54) is 6.42 Å². The fourth-order valence-electron chi connectivity index (χ4n) is 2.46. The number of carbonyl (C=O) groups is 1. The van der Waals surface area contributed by atoms with Gasteiger partial charge in [-0.05, 0) is 37.0 Å². The normalized spacial score (nSPS) is 17.0. The Morgan fingerprint density at radius 2 is 2.11 bits per heavy atom. The van der Waals surface area contributed by atoms with Gasteiger partial charge >= 0.3 is 0 Å². The number of hydrogen-bond acceptors (Lipinski definition) is 3. The number of benzene rings is 1. The van der Waals surface area contributed by atoms with Crippen molar-refractivity contribution in [3.05, 3.63) is 29.8 Å². The molecule has 2 rings (SSSR count). The lowest BCUT2D eigenvalue weighted by Gasteiger charge is -2.40. The third-order valence-electron chi connectivity index (χ3n) is 3.75. The van der Waals surface area contributed by atoms with Gasteiger partial charge in [-0.15, -0.1) is 0 Å². The summed E-state index contributed by atoms with van der Waals surface area (Å²) in [7, 11) is 3.34. The molecule has 0 aliphatic heterocycles. The van der Waals surface area contributed by atoms with Crippen LogP contribution in [0.25, 0.3) is 0 Å². The molecule has 0 aromatic heterocycles. The summed E-state index contributed by atoms with van der Waals surface area (Å²) in [5, 5.41) is 0. The van der Waals surface area contributed by atoms with Crippen molar-refractivity contribution in [1.82, 2.24) is 0 Å². The largest absolute Gasteiger partial charge is 0.497 e. The third-order valence-corrected chi connectivity index (χ3v) is 3.75. The Balaban J connectivity index is 1.94. The minimum Gasteiger partial charge on any atom is -0.497 e. The molecule has 0 N–H and O–H groups in total. The Morgan fingerprint density at radius 1 is 1.33 bits per heavy atom. The number of rotatable bonds is 6. The molecule has 0 amide bonds. The molecule has 18 heavy (non-hydrogen) atoms. The van der Waals surface area contributed by atoms with Gasteiger partial charge in [0.05, 0.1) is 12.7 Å². The lowest BCUT2D eigenvalue weighted by atomic mass is 9.76. The van der Waals surface area contributed by atoms with Crippen LogP contribution in [-0.2, 0) is 16.0 Å². The first-order valence-corrected chi connectivity index (χ1v) is 6.37. The van der Waals surface area contributed by atoms with Gasteiger partial charge in [-0.1, -0.05) is 12.1 Å². The highest BCUT2D eigenvalue weighted by molar-refractivity contribution is 5.82. The van der Waals surface area contributed by atoms with Crippen LogP contribution in [-0.4, -0.2) is 25.6 Å². The van der Waals surface area contributed by atoms with Gasteiger partial charge in [-0.25, -0.2) is 0 Å². The molecule has 3 heteroatoms. The molecule has 1 fully saturated rings. The van der Waals surface area contributed by atoms with Crippen LogP contribution >= 0.6 is 0 Å². The first-order valence-electron chi connectivity index (χ1n) is 6.37. The number of ketones is 1. The van der Waals surface area contributed by atoms with E-state index >= 15 is 0 Å². The molecule has 0 saturated heterocycles. The first kappa shape index (κ1) is 13.1. The summed E-state index contributed by atoms with van der Waals surface area (Å²) < 4.78 is 10.6. The van der Waals surface area contributed by atoms with Crippen LogP contribution < -0.4 is 4.74 Å². The van der Waals surface area contributed by atoms with E-state index in [0.29, 0.717) is 12.8 Å². The van der Waals surface area contributed by atoms with Crippen molar-refractivity contribution in [2.24, 2.45) is 0 Å². The van der Waals surface area contributed by atoms with E-state index in [2.05, 4.69) is 0 Å². The van der Waals surface area contributed by atoms with E-state index < -0.39 is 0 Å². The summed E-state index contributed by atoms with van der Waals surface area (Å²) in [6.45, 7) is 0.